The molecular formula is C21H20ClN3O4S. The molecule has 0 saturated heterocycles. The topological polar surface area (TPSA) is 97.4 Å². The van der Waals surface area contributed by atoms with Gasteiger partial charge in [0.15, 0.2) is 0 Å². The smallest absolute Gasteiger partial charge is 0.261 e. The van der Waals surface area contributed by atoms with E-state index in [-0.39, 0.29) is 16.8 Å². The van der Waals surface area contributed by atoms with Crippen LogP contribution in [0.25, 0.3) is 0 Å². The van der Waals surface area contributed by atoms with Gasteiger partial charge in [-0.05, 0) is 68.4 Å². The number of aromatic nitrogens is 1. The van der Waals surface area contributed by atoms with Crippen molar-refractivity contribution in [1.82, 2.24) is 10.3 Å². The lowest BCUT2D eigenvalue weighted by Gasteiger charge is -2.10. The minimum Gasteiger partial charge on any atom is -0.439 e. The van der Waals surface area contributed by atoms with Crippen LogP contribution in [0.15, 0.2) is 71.8 Å². The molecule has 0 fully saturated rings. The van der Waals surface area contributed by atoms with Gasteiger partial charge in [0, 0.05) is 29.0 Å². The summed E-state index contributed by atoms with van der Waals surface area (Å²) in [5.41, 5.74) is 0.814. The van der Waals surface area contributed by atoms with Gasteiger partial charge < -0.3 is 10.1 Å². The normalized spacial score (nSPS) is 11.2. The second kappa shape index (κ2) is 9.15. The van der Waals surface area contributed by atoms with Gasteiger partial charge in [0.25, 0.3) is 15.9 Å². The first-order valence-electron chi connectivity index (χ1n) is 9.06. The van der Waals surface area contributed by atoms with Crippen LogP contribution < -0.4 is 14.8 Å². The minimum atomic E-state index is -3.72. The molecule has 3 rings (SSSR count). The number of halogens is 1. The maximum Gasteiger partial charge on any atom is 0.261 e. The number of rotatable bonds is 7. The van der Waals surface area contributed by atoms with Crippen molar-refractivity contribution in [3.63, 3.8) is 0 Å². The van der Waals surface area contributed by atoms with Crippen LogP contribution in [-0.2, 0) is 10.0 Å². The van der Waals surface area contributed by atoms with Gasteiger partial charge in [-0.25, -0.2) is 13.4 Å². The largest absolute Gasteiger partial charge is 0.439 e. The summed E-state index contributed by atoms with van der Waals surface area (Å²) in [4.78, 5) is 16.2. The first-order chi connectivity index (χ1) is 14.2. The van der Waals surface area contributed by atoms with Gasteiger partial charge in [-0.1, -0.05) is 11.6 Å². The van der Waals surface area contributed by atoms with E-state index in [0.29, 0.717) is 27.9 Å². The Labute approximate surface area is 180 Å². The Morgan fingerprint density at radius 3 is 2.23 bits per heavy atom. The predicted molar refractivity (Wildman–Crippen MR) is 116 cm³/mol. The number of carbonyl (C=O) groups excluding carboxylic acids is 1. The molecule has 0 aliphatic carbocycles. The summed E-state index contributed by atoms with van der Waals surface area (Å²) in [5.74, 6) is 0.572. The molecule has 0 radical (unpaired) electrons. The summed E-state index contributed by atoms with van der Waals surface area (Å²) >= 11 is 5.80. The van der Waals surface area contributed by atoms with Crippen LogP contribution in [0.1, 0.15) is 24.2 Å². The van der Waals surface area contributed by atoms with Crippen molar-refractivity contribution in [3.8, 4) is 11.6 Å². The lowest BCUT2D eigenvalue weighted by molar-refractivity contribution is 0.0942. The maximum absolute atomic E-state index is 12.4. The first kappa shape index (κ1) is 21.6. The summed E-state index contributed by atoms with van der Waals surface area (Å²) < 4.78 is 33.0. The van der Waals surface area contributed by atoms with Crippen molar-refractivity contribution in [2.24, 2.45) is 0 Å². The molecule has 1 aromatic heterocycles. The molecule has 1 amide bonds. The zero-order valence-electron chi connectivity index (χ0n) is 16.3. The van der Waals surface area contributed by atoms with Crippen molar-refractivity contribution in [2.45, 2.75) is 24.8 Å². The Morgan fingerprint density at radius 2 is 1.67 bits per heavy atom. The van der Waals surface area contributed by atoms with E-state index in [4.69, 9.17) is 16.3 Å². The van der Waals surface area contributed by atoms with E-state index in [2.05, 4.69) is 15.0 Å². The monoisotopic (exact) mass is 445 g/mol. The van der Waals surface area contributed by atoms with Crippen LogP contribution >= 0.6 is 11.6 Å². The lowest BCUT2D eigenvalue weighted by atomic mass is 10.2. The highest BCUT2D eigenvalue weighted by molar-refractivity contribution is 7.92. The summed E-state index contributed by atoms with van der Waals surface area (Å²) in [6.07, 6.45) is 1.43. The van der Waals surface area contributed by atoms with Crippen LogP contribution in [-0.4, -0.2) is 25.4 Å². The number of anilines is 1. The molecule has 3 aromatic rings. The van der Waals surface area contributed by atoms with E-state index in [1.165, 1.54) is 30.5 Å². The van der Waals surface area contributed by atoms with Crippen LogP contribution in [0.5, 0.6) is 11.6 Å². The number of pyridine rings is 1. The van der Waals surface area contributed by atoms with Crippen LogP contribution in [0, 0.1) is 0 Å². The SMILES string of the molecule is CC(C)NC(=O)c1ccc(Oc2ccc(NS(=O)(=O)c3ccc(Cl)cc3)cc2)nc1. The molecule has 2 aromatic carbocycles. The second-order valence-corrected chi connectivity index (χ2v) is 8.82. The Morgan fingerprint density at radius 1 is 1.00 bits per heavy atom. The van der Waals surface area contributed by atoms with Crippen LogP contribution in [0.3, 0.4) is 0 Å². The number of nitrogens with zero attached hydrogens (tertiary/aromatic N) is 1. The number of ether oxygens (including phenoxy) is 1. The molecule has 0 unspecified atom stereocenters. The fraction of sp³-hybridized carbons (Fsp3) is 0.143. The predicted octanol–water partition coefficient (Wildman–Crippen LogP) is 4.47. The van der Waals surface area contributed by atoms with Gasteiger partial charge in [-0.3, -0.25) is 9.52 Å². The highest BCUT2D eigenvalue weighted by atomic mass is 35.5. The van der Waals surface area contributed by atoms with Crippen molar-refractivity contribution in [2.75, 3.05) is 4.72 Å². The molecule has 0 aliphatic rings. The number of carbonyl (C=O) groups is 1. The van der Waals surface area contributed by atoms with Crippen molar-refractivity contribution in [1.29, 1.82) is 0 Å². The van der Waals surface area contributed by atoms with Gasteiger partial charge in [0.1, 0.15) is 5.75 Å². The molecule has 30 heavy (non-hydrogen) atoms. The van der Waals surface area contributed by atoms with Gasteiger partial charge in [0.05, 0.1) is 10.5 Å². The lowest BCUT2D eigenvalue weighted by Crippen LogP contribution is -2.30. The average Bonchev–Trinajstić information content (AvgIpc) is 2.69. The molecule has 0 spiro atoms. The standard InChI is InChI=1S/C21H20ClN3O4S/c1-14(2)24-21(26)15-3-12-20(23-13-15)29-18-8-6-17(7-9-18)25-30(27,28)19-10-4-16(22)5-11-19/h3-14,25H,1-2H3,(H,24,26). The third kappa shape index (κ3) is 5.71. The molecule has 156 valence electrons. The summed E-state index contributed by atoms with van der Waals surface area (Å²) in [5, 5.41) is 3.24. The molecule has 9 heteroatoms. The van der Waals surface area contributed by atoms with Gasteiger partial charge in [0.2, 0.25) is 5.88 Å². The van der Waals surface area contributed by atoms with E-state index in [1.807, 2.05) is 13.8 Å². The molecule has 0 aliphatic heterocycles. The molecular weight excluding hydrogens is 426 g/mol. The van der Waals surface area contributed by atoms with E-state index in [0.717, 1.165) is 0 Å². The Kier molecular flexibility index (Phi) is 6.59. The third-order valence-electron chi connectivity index (χ3n) is 3.87. The molecule has 0 atom stereocenters. The molecule has 2 N–H and O–H groups in total. The summed E-state index contributed by atoms with van der Waals surface area (Å²) in [7, 11) is -3.72. The zero-order chi connectivity index (χ0) is 21.7. The molecule has 0 bridgehead atoms. The number of nitrogens with one attached hydrogen (secondary N) is 2. The highest BCUT2D eigenvalue weighted by Gasteiger charge is 2.14. The van der Waals surface area contributed by atoms with Gasteiger partial charge >= 0.3 is 0 Å². The Bertz CT molecular complexity index is 1110. The van der Waals surface area contributed by atoms with Gasteiger partial charge in [-0.15, -0.1) is 0 Å². The fourth-order valence-corrected chi connectivity index (χ4v) is 3.64. The third-order valence-corrected chi connectivity index (χ3v) is 5.52. The number of hydrogen-bond donors (Lipinski definition) is 2. The quantitative estimate of drug-likeness (QED) is 0.559. The number of sulfonamides is 1. The summed E-state index contributed by atoms with van der Waals surface area (Å²) in [6, 6.07) is 15.5. The number of hydrogen-bond acceptors (Lipinski definition) is 5. The van der Waals surface area contributed by atoms with Crippen molar-refractivity contribution < 1.29 is 17.9 Å². The number of benzene rings is 2. The van der Waals surface area contributed by atoms with Crippen LogP contribution in [0.4, 0.5) is 5.69 Å². The Balaban J connectivity index is 1.64. The maximum atomic E-state index is 12.4. The first-order valence-corrected chi connectivity index (χ1v) is 10.9. The van der Waals surface area contributed by atoms with E-state index >= 15 is 0 Å². The summed E-state index contributed by atoms with van der Waals surface area (Å²) in [6.45, 7) is 3.75. The van der Waals surface area contributed by atoms with E-state index < -0.39 is 10.0 Å². The highest BCUT2D eigenvalue weighted by Crippen LogP contribution is 2.23. The molecule has 1 heterocycles. The van der Waals surface area contributed by atoms with Crippen molar-refractivity contribution in [3.05, 3.63) is 77.4 Å². The van der Waals surface area contributed by atoms with Crippen molar-refractivity contribution >= 4 is 33.2 Å². The minimum absolute atomic E-state index is 0.0315. The fourth-order valence-electron chi connectivity index (χ4n) is 2.46. The average molecular weight is 446 g/mol. The Hall–Kier alpha value is -3.10. The second-order valence-electron chi connectivity index (χ2n) is 6.70. The van der Waals surface area contributed by atoms with Gasteiger partial charge in [-0.2, -0.15) is 0 Å². The number of amides is 1. The molecule has 0 saturated carbocycles. The zero-order valence-corrected chi connectivity index (χ0v) is 17.9. The van der Waals surface area contributed by atoms with Crippen LogP contribution in [0.2, 0.25) is 5.02 Å². The molecule has 7 nitrogen and oxygen atoms in total. The van der Waals surface area contributed by atoms with E-state index in [9.17, 15) is 13.2 Å². The van der Waals surface area contributed by atoms with E-state index in [1.54, 1.807) is 36.4 Å².